The molecule has 0 atom stereocenters. The molecule has 0 amide bonds. The van der Waals surface area contributed by atoms with Crippen molar-refractivity contribution in [3.05, 3.63) is 35.4 Å². The average Bonchev–Trinajstić information content (AvgIpc) is 2.61. The highest BCUT2D eigenvalue weighted by atomic mass is 16.2. The maximum absolute atomic E-state index is 8.77. The molecule has 1 aromatic rings. The van der Waals surface area contributed by atoms with Crippen molar-refractivity contribution >= 4 is 0 Å². The molecule has 114 valence electrons. The van der Waals surface area contributed by atoms with Crippen LogP contribution in [-0.4, -0.2) is 29.7 Å². The van der Waals surface area contributed by atoms with E-state index >= 15 is 0 Å². The number of likely N-dealkylation sites (tertiary alicyclic amines) is 1. The zero-order valence-electron chi connectivity index (χ0n) is 13.4. The van der Waals surface area contributed by atoms with Crippen molar-refractivity contribution in [3.63, 3.8) is 0 Å². The second-order valence-electron chi connectivity index (χ2n) is 6.77. The van der Waals surface area contributed by atoms with E-state index in [1.165, 1.54) is 37.9 Å². The van der Waals surface area contributed by atoms with Crippen molar-refractivity contribution in [2.24, 2.45) is 5.41 Å². The average molecular weight is 285 g/mol. The van der Waals surface area contributed by atoms with Crippen molar-refractivity contribution < 1.29 is 5.11 Å². The van der Waals surface area contributed by atoms with Crippen molar-refractivity contribution in [2.75, 3.05) is 19.7 Å². The van der Waals surface area contributed by atoms with E-state index < -0.39 is 0 Å². The number of aliphatic hydroxyl groups is 1. The largest absolute Gasteiger partial charge is 0.395 e. The van der Waals surface area contributed by atoms with E-state index in [4.69, 9.17) is 5.11 Å². The third-order valence-corrected chi connectivity index (χ3v) is 4.24. The molecular formula is C19H27NO. The van der Waals surface area contributed by atoms with Crippen molar-refractivity contribution in [1.82, 2.24) is 4.90 Å². The van der Waals surface area contributed by atoms with Crippen molar-refractivity contribution in [2.45, 2.75) is 46.1 Å². The molecule has 0 unspecified atom stereocenters. The Balaban J connectivity index is 1.97. The maximum Gasteiger partial charge on any atom is 0.0540 e. The summed E-state index contributed by atoms with van der Waals surface area (Å²) >= 11 is 0. The summed E-state index contributed by atoms with van der Waals surface area (Å²) in [6, 6.07) is 8.49. The van der Waals surface area contributed by atoms with Crippen LogP contribution in [0.2, 0.25) is 0 Å². The van der Waals surface area contributed by atoms with Gasteiger partial charge in [-0.25, -0.2) is 0 Å². The Morgan fingerprint density at radius 1 is 1.24 bits per heavy atom. The molecule has 0 saturated carbocycles. The maximum atomic E-state index is 8.77. The van der Waals surface area contributed by atoms with Gasteiger partial charge in [0.05, 0.1) is 6.61 Å². The minimum atomic E-state index is 0.135. The zero-order valence-corrected chi connectivity index (χ0v) is 13.4. The highest BCUT2D eigenvalue weighted by molar-refractivity contribution is 5.37. The topological polar surface area (TPSA) is 23.5 Å². The highest BCUT2D eigenvalue weighted by Crippen LogP contribution is 2.30. The Morgan fingerprint density at radius 3 is 2.90 bits per heavy atom. The Kier molecular flexibility index (Phi) is 5.85. The van der Waals surface area contributed by atoms with Crippen LogP contribution in [-0.2, 0) is 6.54 Å². The van der Waals surface area contributed by atoms with Gasteiger partial charge in [0.25, 0.3) is 0 Å². The molecule has 2 rings (SSSR count). The number of hydrogen-bond acceptors (Lipinski definition) is 2. The molecule has 21 heavy (non-hydrogen) atoms. The molecule has 1 saturated heterocycles. The smallest absolute Gasteiger partial charge is 0.0540 e. The third kappa shape index (κ3) is 5.53. The van der Waals surface area contributed by atoms with E-state index in [0.29, 0.717) is 11.8 Å². The molecule has 0 aromatic heterocycles. The summed E-state index contributed by atoms with van der Waals surface area (Å²) in [7, 11) is 0. The first-order chi connectivity index (χ1) is 10.1. The Morgan fingerprint density at radius 2 is 2.10 bits per heavy atom. The summed E-state index contributed by atoms with van der Waals surface area (Å²) in [5, 5.41) is 8.77. The van der Waals surface area contributed by atoms with Crippen molar-refractivity contribution in [3.8, 4) is 11.8 Å². The number of nitrogens with zero attached hydrogens (tertiary/aromatic N) is 1. The fourth-order valence-electron chi connectivity index (χ4n) is 2.86. The van der Waals surface area contributed by atoms with Gasteiger partial charge < -0.3 is 5.11 Å². The first kappa shape index (κ1) is 16.1. The van der Waals surface area contributed by atoms with Crippen LogP contribution in [0, 0.1) is 17.3 Å². The predicted molar refractivity (Wildman–Crippen MR) is 87.9 cm³/mol. The lowest BCUT2D eigenvalue weighted by Crippen LogP contribution is -2.25. The molecule has 0 radical (unpaired) electrons. The van der Waals surface area contributed by atoms with E-state index in [2.05, 4.69) is 48.8 Å². The van der Waals surface area contributed by atoms with Gasteiger partial charge in [-0.15, -0.1) is 0 Å². The second-order valence-corrected chi connectivity index (χ2v) is 6.77. The van der Waals surface area contributed by atoms with Gasteiger partial charge in [0.1, 0.15) is 0 Å². The predicted octanol–water partition coefficient (Wildman–Crippen LogP) is 3.43. The number of hydrogen-bond donors (Lipinski definition) is 1. The number of benzene rings is 1. The van der Waals surface area contributed by atoms with Gasteiger partial charge in [0, 0.05) is 18.5 Å². The summed E-state index contributed by atoms with van der Waals surface area (Å²) < 4.78 is 0. The van der Waals surface area contributed by atoms with Crippen molar-refractivity contribution in [1.29, 1.82) is 0 Å². The van der Waals surface area contributed by atoms with Gasteiger partial charge in [-0.2, -0.15) is 0 Å². The standard InChI is InChI=1S/C19H27NO/c1-19(2)10-6-12-20(13-11-19)16-18-9-5-8-17(15-18)7-3-4-14-21/h5,8-9,15,21H,4,6,10-14,16H2,1-2H3. The Bertz CT molecular complexity index is 510. The molecule has 1 aromatic carbocycles. The van der Waals surface area contributed by atoms with Crippen LogP contribution in [0.5, 0.6) is 0 Å². The molecule has 1 aliphatic heterocycles. The van der Waals surface area contributed by atoms with Gasteiger partial charge in [-0.05, 0) is 55.5 Å². The van der Waals surface area contributed by atoms with Crippen LogP contribution >= 0.6 is 0 Å². The molecule has 0 bridgehead atoms. The minimum absolute atomic E-state index is 0.135. The monoisotopic (exact) mass is 285 g/mol. The summed E-state index contributed by atoms with van der Waals surface area (Å²) in [4.78, 5) is 2.56. The molecule has 2 heteroatoms. The molecule has 1 aliphatic rings. The lowest BCUT2D eigenvalue weighted by atomic mass is 9.85. The first-order valence-corrected chi connectivity index (χ1v) is 8.00. The second kappa shape index (κ2) is 7.64. The van der Waals surface area contributed by atoms with E-state index in [1.807, 2.05) is 6.07 Å². The summed E-state index contributed by atoms with van der Waals surface area (Å²) in [6.07, 6.45) is 4.45. The van der Waals surface area contributed by atoms with Gasteiger partial charge >= 0.3 is 0 Å². The lowest BCUT2D eigenvalue weighted by molar-refractivity contribution is 0.256. The van der Waals surface area contributed by atoms with E-state index in [0.717, 1.165) is 12.1 Å². The lowest BCUT2D eigenvalue weighted by Gasteiger charge is -2.23. The molecular weight excluding hydrogens is 258 g/mol. The Labute approximate surface area is 129 Å². The Hall–Kier alpha value is -1.30. The normalized spacial score (nSPS) is 18.6. The first-order valence-electron chi connectivity index (χ1n) is 8.00. The summed E-state index contributed by atoms with van der Waals surface area (Å²) in [5.41, 5.74) is 2.88. The molecule has 1 heterocycles. The van der Waals surface area contributed by atoms with Crippen LogP contribution in [0.3, 0.4) is 0 Å². The van der Waals surface area contributed by atoms with Crippen LogP contribution in [0.15, 0.2) is 24.3 Å². The van der Waals surface area contributed by atoms with Gasteiger partial charge in [0.2, 0.25) is 0 Å². The molecule has 1 fully saturated rings. The van der Waals surface area contributed by atoms with Crippen LogP contribution in [0.1, 0.15) is 50.7 Å². The van der Waals surface area contributed by atoms with Crippen LogP contribution < -0.4 is 0 Å². The van der Waals surface area contributed by atoms with Gasteiger partial charge in [-0.3, -0.25) is 4.90 Å². The van der Waals surface area contributed by atoms with E-state index in [9.17, 15) is 0 Å². The van der Waals surface area contributed by atoms with Crippen LogP contribution in [0.4, 0.5) is 0 Å². The molecule has 1 N–H and O–H groups in total. The van der Waals surface area contributed by atoms with Crippen LogP contribution in [0.25, 0.3) is 0 Å². The van der Waals surface area contributed by atoms with E-state index in [1.54, 1.807) is 0 Å². The van der Waals surface area contributed by atoms with E-state index in [-0.39, 0.29) is 6.61 Å². The highest BCUT2D eigenvalue weighted by Gasteiger charge is 2.22. The quantitative estimate of drug-likeness (QED) is 0.860. The number of rotatable bonds is 3. The van der Waals surface area contributed by atoms with Gasteiger partial charge in [-0.1, -0.05) is 37.8 Å². The fraction of sp³-hybridized carbons (Fsp3) is 0.579. The minimum Gasteiger partial charge on any atom is -0.395 e. The fourth-order valence-corrected chi connectivity index (χ4v) is 2.86. The number of aliphatic hydroxyl groups excluding tert-OH is 1. The molecule has 0 spiro atoms. The molecule has 0 aliphatic carbocycles. The summed E-state index contributed by atoms with van der Waals surface area (Å²) in [5.74, 6) is 6.11. The summed E-state index contributed by atoms with van der Waals surface area (Å²) in [6.45, 7) is 8.31. The zero-order chi connectivity index (χ0) is 15.1. The SMILES string of the molecule is CC1(C)CCCN(Cc2cccc(C#CCCO)c2)CC1. The molecule has 2 nitrogen and oxygen atoms in total. The third-order valence-electron chi connectivity index (χ3n) is 4.24. The van der Waals surface area contributed by atoms with Gasteiger partial charge in [0.15, 0.2) is 0 Å².